The van der Waals surface area contributed by atoms with Gasteiger partial charge in [-0.3, -0.25) is 5.11 Å². The van der Waals surface area contributed by atoms with Crippen molar-refractivity contribution < 1.29 is 15.0 Å². The number of carbonyl (C=O) groups is 1. The molecule has 1 N–H and O–H groups in total. The van der Waals surface area contributed by atoms with Crippen molar-refractivity contribution in [3.63, 3.8) is 0 Å². The Morgan fingerprint density at radius 2 is 2.44 bits per heavy atom. The zero-order chi connectivity index (χ0) is 6.85. The van der Waals surface area contributed by atoms with Gasteiger partial charge in [0.15, 0.2) is 5.69 Å². The third kappa shape index (κ3) is 1.17. The summed E-state index contributed by atoms with van der Waals surface area (Å²) in [7, 11) is 0. The largest absolute Gasteiger partial charge is 0.476 e. The monoisotopic (exact) mass is 144 g/mol. The maximum Gasteiger partial charge on any atom is 0.355 e. The number of carboxylic acid groups (broad SMARTS) is 1. The van der Waals surface area contributed by atoms with Gasteiger partial charge in [-0.25, -0.2) is 4.79 Å². The highest BCUT2D eigenvalue weighted by atomic mass is 32.1. The van der Waals surface area contributed by atoms with E-state index in [4.69, 9.17) is 5.11 Å². The van der Waals surface area contributed by atoms with Crippen LogP contribution in [-0.4, -0.2) is 15.4 Å². The first-order valence-corrected chi connectivity index (χ1v) is 2.84. The molecule has 0 saturated carbocycles. The quantitative estimate of drug-likeness (QED) is 0.638. The van der Waals surface area contributed by atoms with Crippen molar-refractivity contribution in [3.05, 3.63) is 11.8 Å². The van der Waals surface area contributed by atoms with Crippen molar-refractivity contribution in [2.75, 3.05) is 0 Å². The second-order valence-electron chi connectivity index (χ2n) is 1.34. The van der Waals surface area contributed by atoms with E-state index in [2.05, 4.69) is 4.37 Å². The summed E-state index contributed by atoms with van der Waals surface area (Å²) in [5.41, 5.74) is -0.176. The fourth-order valence-electron chi connectivity index (χ4n) is 0.359. The summed E-state index contributed by atoms with van der Waals surface area (Å²) in [6.45, 7) is 0. The Hall–Kier alpha value is -1.10. The number of aromatic nitrogens is 1. The molecule has 0 fully saturated rings. The smallest absolute Gasteiger partial charge is 0.355 e. The number of aromatic carboxylic acids is 1. The number of hydrogen-bond acceptors (Lipinski definition) is 3. The van der Waals surface area contributed by atoms with Crippen LogP contribution >= 0.6 is 11.5 Å². The molecule has 0 saturated heterocycles. The minimum atomic E-state index is -1.16. The van der Waals surface area contributed by atoms with Gasteiger partial charge in [0.25, 0.3) is 5.06 Å². The summed E-state index contributed by atoms with van der Waals surface area (Å²) in [4.78, 5) is 10.0. The van der Waals surface area contributed by atoms with E-state index < -0.39 is 5.97 Å². The standard InChI is InChI=1S/C4H2NO3S/c6-3-1-2(4(7)8)5-9-3/h1H,(H,7,8). The van der Waals surface area contributed by atoms with Gasteiger partial charge in [0, 0.05) is 17.6 Å². The van der Waals surface area contributed by atoms with Crippen LogP contribution < -0.4 is 0 Å². The van der Waals surface area contributed by atoms with Gasteiger partial charge >= 0.3 is 5.97 Å². The van der Waals surface area contributed by atoms with Crippen LogP contribution in [0.25, 0.3) is 0 Å². The Morgan fingerprint density at radius 1 is 1.78 bits per heavy atom. The molecule has 1 heterocycles. The summed E-state index contributed by atoms with van der Waals surface area (Å²) in [6, 6.07) is 0.993. The molecule has 1 radical (unpaired) electrons. The van der Waals surface area contributed by atoms with Crippen LogP contribution in [0, 0.1) is 0 Å². The lowest BCUT2D eigenvalue weighted by Gasteiger charge is -1.77. The maximum absolute atomic E-state index is 10.3. The molecule has 0 aliphatic heterocycles. The Kier molecular flexibility index (Phi) is 1.35. The lowest BCUT2D eigenvalue weighted by molar-refractivity contribution is 0.0691. The molecule has 0 atom stereocenters. The Labute approximate surface area is 54.5 Å². The lowest BCUT2D eigenvalue weighted by Crippen LogP contribution is -1.93. The number of nitrogens with zero attached hydrogens (tertiary/aromatic N) is 1. The van der Waals surface area contributed by atoms with Crippen LogP contribution in [0.4, 0.5) is 0 Å². The van der Waals surface area contributed by atoms with Crippen LogP contribution in [0.1, 0.15) is 10.5 Å². The van der Waals surface area contributed by atoms with Crippen LogP contribution in [0.2, 0.25) is 0 Å². The van der Waals surface area contributed by atoms with Crippen LogP contribution in [0.3, 0.4) is 0 Å². The summed E-state index contributed by atoms with van der Waals surface area (Å²) >= 11 is 0.646. The van der Waals surface area contributed by atoms with Gasteiger partial charge in [-0.2, -0.15) is 4.37 Å². The number of carboxylic acids is 1. The first-order valence-electron chi connectivity index (χ1n) is 2.07. The molecular formula is C4H2NO3S. The van der Waals surface area contributed by atoms with Gasteiger partial charge in [-0.15, -0.1) is 0 Å². The van der Waals surface area contributed by atoms with E-state index >= 15 is 0 Å². The minimum Gasteiger partial charge on any atom is -0.476 e. The molecule has 47 valence electrons. The summed E-state index contributed by atoms with van der Waals surface area (Å²) in [5, 5.41) is 18.2. The predicted octanol–water partition coefficient (Wildman–Crippen LogP) is 0.985. The molecule has 0 spiro atoms. The first-order chi connectivity index (χ1) is 4.20. The van der Waals surface area contributed by atoms with Crippen molar-refractivity contribution in [1.82, 2.24) is 4.37 Å². The molecule has 4 nitrogen and oxygen atoms in total. The van der Waals surface area contributed by atoms with E-state index in [1.807, 2.05) is 0 Å². The summed E-state index contributed by atoms with van der Waals surface area (Å²) < 4.78 is 3.34. The topological polar surface area (TPSA) is 70.1 Å². The van der Waals surface area contributed by atoms with Crippen molar-refractivity contribution in [1.29, 1.82) is 0 Å². The van der Waals surface area contributed by atoms with Crippen molar-refractivity contribution >= 4 is 17.5 Å². The number of rotatable bonds is 1. The van der Waals surface area contributed by atoms with Crippen molar-refractivity contribution in [2.24, 2.45) is 0 Å². The molecule has 1 aromatic heterocycles. The van der Waals surface area contributed by atoms with Crippen LogP contribution in [0.5, 0.6) is 5.06 Å². The third-order valence-electron chi connectivity index (χ3n) is 0.708. The molecule has 0 amide bonds. The van der Waals surface area contributed by atoms with Gasteiger partial charge in [-0.1, -0.05) is 0 Å². The van der Waals surface area contributed by atoms with E-state index in [-0.39, 0.29) is 10.8 Å². The highest BCUT2D eigenvalue weighted by molar-refractivity contribution is 7.07. The average molecular weight is 144 g/mol. The molecule has 0 aliphatic carbocycles. The predicted molar refractivity (Wildman–Crippen MR) is 29.2 cm³/mol. The van der Waals surface area contributed by atoms with E-state index in [9.17, 15) is 9.90 Å². The highest BCUT2D eigenvalue weighted by Gasteiger charge is 2.07. The van der Waals surface area contributed by atoms with Gasteiger partial charge in [0.05, 0.1) is 0 Å². The maximum atomic E-state index is 10.3. The summed E-state index contributed by atoms with van der Waals surface area (Å²) in [6.07, 6.45) is 0. The van der Waals surface area contributed by atoms with E-state index in [0.29, 0.717) is 11.5 Å². The van der Waals surface area contributed by atoms with E-state index in [0.717, 1.165) is 6.07 Å². The molecule has 1 rings (SSSR count). The van der Waals surface area contributed by atoms with Crippen LogP contribution in [-0.2, 0) is 5.11 Å². The first kappa shape index (κ1) is 6.03. The SMILES string of the molecule is [O]c1cc(C(=O)O)ns1. The fraction of sp³-hybridized carbons (Fsp3) is 0. The van der Waals surface area contributed by atoms with Crippen molar-refractivity contribution in [2.45, 2.75) is 0 Å². The van der Waals surface area contributed by atoms with Crippen LogP contribution in [0.15, 0.2) is 6.07 Å². The average Bonchev–Trinajstić information content (AvgIpc) is 2.14. The molecule has 1 aromatic rings. The Bertz CT molecular complexity index is 231. The fourth-order valence-corrected chi connectivity index (χ4v) is 0.843. The van der Waals surface area contributed by atoms with Gasteiger partial charge in [0.2, 0.25) is 0 Å². The van der Waals surface area contributed by atoms with Gasteiger partial charge < -0.3 is 5.11 Å². The second kappa shape index (κ2) is 2.02. The Morgan fingerprint density at radius 3 is 2.67 bits per heavy atom. The molecule has 0 bridgehead atoms. The normalized spacial score (nSPS) is 9.33. The zero-order valence-electron chi connectivity index (χ0n) is 4.20. The highest BCUT2D eigenvalue weighted by Crippen LogP contribution is 2.16. The van der Waals surface area contributed by atoms with E-state index in [1.165, 1.54) is 0 Å². The molecule has 5 heteroatoms. The molecular weight excluding hydrogens is 142 g/mol. The molecule has 0 aliphatic rings. The second-order valence-corrected chi connectivity index (χ2v) is 2.10. The van der Waals surface area contributed by atoms with Gasteiger partial charge in [-0.05, 0) is 0 Å². The molecule has 0 aromatic carbocycles. The minimum absolute atomic E-state index is 0.176. The number of hydrogen-bond donors (Lipinski definition) is 1. The van der Waals surface area contributed by atoms with Crippen molar-refractivity contribution in [3.8, 4) is 5.06 Å². The molecule has 0 unspecified atom stereocenters. The molecule has 9 heavy (non-hydrogen) atoms. The zero-order valence-corrected chi connectivity index (χ0v) is 5.01. The van der Waals surface area contributed by atoms with Gasteiger partial charge in [0.1, 0.15) is 0 Å². The summed E-state index contributed by atoms with van der Waals surface area (Å²) in [5.74, 6) is -1.16. The Balaban J connectivity index is 2.98. The lowest BCUT2D eigenvalue weighted by atomic mass is 10.4. The van der Waals surface area contributed by atoms with E-state index in [1.54, 1.807) is 0 Å². The third-order valence-corrected chi connectivity index (χ3v) is 1.29.